The molecule has 2 N–H and O–H groups in total. The van der Waals surface area contributed by atoms with Crippen LogP contribution >= 0.6 is 0 Å². The number of carbonyl (C=O) groups excluding carboxylic acids is 1. The van der Waals surface area contributed by atoms with E-state index in [4.69, 9.17) is 0 Å². The predicted octanol–water partition coefficient (Wildman–Crippen LogP) is 2.60. The van der Waals surface area contributed by atoms with Gasteiger partial charge in [0.05, 0.1) is 6.10 Å². The van der Waals surface area contributed by atoms with E-state index in [-0.39, 0.29) is 12.0 Å². The van der Waals surface area contributed by atoms with Crippen molar-refractivity contribution in [3.63, 3.8) is 0 Å². The van der Waals surface area contributed by atoms with E-state index < -0.39 is 0 Å². The standard InChI is InChI=1S/C18H28N2O2/c1-3-14-7-5-8-15(4-2)18(14)19-17(22)10-12-20-11-6-9-16(21)13-20/h5,7-8,16,21H,3-4,6,9-13H2,1-2H3,(H,19,22)/t16-/m1/s1. The van der Waals surface area contributed by atoms with E-state index in [9.17, 15) is 9.90 Å². The van der Waals surface area contributed by atoms with E-state index in [1.165, 1.54) is 11.1 Å². The number of para-hydroxylation sites is 1. The van der Waals surface area contributed by atoms with Crippen LogP contribution in [0.3, 0.4) is 0 Å². The summed E-state index contributed by atoms with van der Waals surface area (Å²) in [5, 5.41) is 12.8. The van der Waals surface area contributed by atoms with Gasteiger partial charge in [0, 0.05) is 25.2 Å². The highest BCUT2D eigenvalue weighted by molar-refractivity contribution is 5.92. The highest BCUT2D eigenvalue weighted by Gasteiger charge is 2.18. The van der Waals surface area contributed by atoms with Crippen LogP contribution in [0, 0.1) is 0 Å². The zero-order valence-corrected chi connectivity index (χ0v) is 13.8. The number of nitrogens with one attached hydrogen (secondary N) is 1. The Morgan fingerprint density at radius 3 is 2.59 bits per heavy atom. The van der Waals surface area contributed by atoms with Crippen LogP contribution in [0.2, 0.25) is 0 Å². The molecule has 1 aromatic rings. The summed E-state index contributed by atoms with van der Waals surface area (Å²) in [6.07, 6.45) is 3.98. The summed E-state index contributed by atoms with van der Waals surface area (Å²) >= 11 is 0. The van der Waals surface area contributed by atoms with Crippen LogP contribution in [-0.4, -0.2) is 41.7 Å². The molecule has 2 rings (SSSR count). The third-order valence-corrected chi connectivity index (χ3v) is 4.40. The van der Waals surface area contributed by atoms with Gasteiger partial charge in [-0.1, -0.05) is 32.0 Å². The number of β-amino-alcohol motifs (C(OH)–C–C–N with tert-alkyl or cyclic N) is 1. The van der Waals surface area contributed by atoms with Crippen LogP contribution in [0.1, 0.15) is 44.2 Å². The number of hydrogen-bond acceptors (Lipinski definition) is 3. The maximum absolute atomic E-state index is 12.3. The Labute approximate surface area is 133 Å². The summed E-state index contributed by atoms with van der Waals surface area (Å²) in [4.78, 5) is 14.5. The van der Waals surface area contributed by atoms with Gasteiger partial charge in [-0.2, -0.15) is 0 Å². The van der Waals surface area contributed by atoms with Crippen LogP contribution in [0.5, 0.6) is 0 Å². The molecule has 1 atom stereocenters. The van der Waals surface area contributed by atoms with Crippen LogP contribution in [0.15, 0.2) is 18.2 Å². The molecule has 1 saturated heterocycles. The fourth-order valence-electron chi connectivity index (χ4n) is 3.10. The average Bonchev–Trinajstić information content (AvgIpc) is 2.53. The molecule has 0 aromatic heterocycles. The van der Waals surface area contributed by atoms with Crippen LogP contribution in [0.25, 0.3) is 0 Å². The Bertz CT molecular complexity index is 480. The summed E-state index contributed by atoms with van der Waals surface area (Å²) in [5.74, 6) is 0.0654. The van der Waals surface area contributed by atoms with Gasteiger partial charge in [-0.3, -0.25) is 4.79 Å². The number of piperidine rings is 1. The molecule has 1 amide bonds. The normalized spacial score (nSPS) is 19.1. The first-order chi connectivity index (χ1) is 10.6. The molecule has 4 heteroatoms. The number of rotatable bonds is 6. The monoisotopic (exact) mass is 304 g/mol. The van der Waals surface area contributed by atoms with Crippen molar-refractivity contribution in [2.24, 2.45) is 0 Å². The van der Waals surface area contributed by atoms with E-state index in [0.29, 0.717) is 13.0 Å². The molecule has 122 valence electrons. The number of anilines is 1. The van der Waals surface area contributed by atoms with Gasteiger partial charge in [-0.05, 0) is 43.4 Å². The van der Waals surface area contributed by atoms with E-state index in [1.54, 1.807) is 0 Å². The molecule has 0 bridgehead atoms. The number of carbonyl (C=O) groups is 1. The molecule has 0 saturated carbocycles. The van der Waals surface area contributed by atoms with E-state index >= 15 is 0 Å². The molecule has 0 unspecified atom stereocenters. The lowest BCUT2D eigenvalue weighted by Gasteiger charge is -2.29. The van der Waals surface area contributed by atoms with Crippen molar-refractivity contribution in [3.05, 3.63) is 29.3 Å². The molecule has 4 nitrogen and oxygen atoms in total. The van der Waals surface area contributed by atoms with Crippen LogP contribution in [-0.2, 0) is 17.6 Å². The van der Waals surface area contributed by atoms with E-state index in [2.05, 4.69) is 42.3 Å². The Morgan fingerprint density at radius 2 is 2.00 bits per heavy atom. The Kier molecular flexibility index (Phi) is 6.40. The molecular formula is C18H28N2O2. The summed E-state index contributed by atoms with van der Waals surface area (Å²) in [7, 11) is 0. The number of aryl methyl sites for hydroxylation is 2. The van der Waals surface area contributed by atoms with Gasteiger partial charge < -0.3 is 15.3 Å². The molecule has 1 aromatic carbocycles. The summed E-state index contributed by atoms with van der Waals surface area (Å²) < 4.78 is 0. The van der Waals surface area contributed by atoms with Gasteiger partial charge in [0.25, 0.3) is 0 Å². The lowest BCUT2D eigenvalue weighted by Crippen LogP contribution is -2.39. The van der Waals surface area contributed by atoms with Gasteiger partial charge in [0.1, 0.15) is 0 Å². The average molecular weight is 304 g/mol. The van der Waals surface area contributed by atoms with Gasteiger partial charge in [-0.25, -0.2) is 0 Å². The second kappa shape index (κ2) is 8.30. The van der Waals surface area contributed by atoms with Gasteiger partial charge in [-0.15, -0.1) is 0 Å². The number of likely N-dealkylation sites (tertiary alicyclic amines) is 1. The Hall–Kier alpha value is -1.39. The summed E-state index contributed by atoms with van der Waals surface area (Å²) in [5.41, 5.74) is 3.39. The highest BCUT2D eigenvalue weighted by Crippen LogP contribution is 2.22. The van der Waals surface area contributed by atoms with Crippen LogP contribution in [0.4, 0.5) is 5.69 Å². The van der Waals surface area contributed by atoms with Crippen molar-refractivity contribution in [2.45, 2.75) is 52.1 Å². The Morgan fingerprint density at radius 1 is 1.32 bits per heavy atom. The molecule has 0 radical (unpaired) electrons. The number of aliphatic hydroxyl groups excluding tert-OH is 1. The molecule has 22 heavy (non-hydrogen) atoms. The summed E-state index contributed by atoms with van der Waals surface area (Å²) in [6.45, 7) is 6.62. The zero-order chi connectivity index (χ0) is 15.9. The summed E-state index contributed by atoms with van der Waals surface area (Å²) in [6, 6.07) is 6.22. The fourth-order valence-corrected chi connectivity index (χ4v) is 3.10. The second-order valence-electron chi connectivity index (χ2n) is 6.05. The fraction of sp³-hybridized carbons (Fsp3) is 0.611. The molecule has 1 aliphatic rings. The smallest absolute Gasteiger partial charge is 0.225 e. The topological polar surface area (TPSA) is 52.6 Å². The molecule has 1 aliphatic heterocycles. The predicted molar refractivity (Wildman–Crippen MR) is 90.1 cm³/mol. The lowest BCUT2D eigenvalue weighted by molar-refractivity contribution is -0.116. The third-order valence-electron chi connectivity index (χ3n) is 4.40. The van der Waals surface area contributed by atoms with Crippen molar-refractivity contribution in [2.75, 3.05) is 25.0 Å². The van der Waals surface area contributed by atoms with E-state index in [1.807, 2.05) is 0 Å². The first-order valence-electron chi connectivity index (χ1n) is 8.45. The molecule has 0 aliphatic carbocycles. The molecule has 0 spiro atoms. The third kappa shape index (κ3) is 4.55. The number of hydrogen-bond donors (Lipinski definition) is 2. The van der Waals surface area contributed by atoms with Gasteiger partial charge >= 0.3 is 0 Å². The quantitative estimate of drug-likeness (QED) is 0.849. The number of nitrogens with zero attached hydrogens (tertiary/aromatic N) is 1. The van der Waals surface area contributed by atoms with Crippen molar-refractivity contribution in [1.82, 2.24) is 4.90 Å². The van der Waals surface area contributed by atoms with Gasteiger partial charge in [0.2, 0.25) is 5.91 Å². The minimum absolute atomic E-state index is 0.0654. The minimum Gasteiger partial charge on any atom is -0.392 e. The molecular weight excluding hydrogens is 276 g/mol. The first-order valence-corrected chi connectivity index (χ1v) is 8.45. The SMILES string of the molecule is CCc1cccc(CC)c1NC(=O)CCN1CCC[C@@H](O)C1. The maximum atomic E-state index is 12.3. The van der Waals surface area contributed by atoms with Gasteiger partial charge in [0.15, 0.2) is 0 Å². The molecule has 1 heterocycles. The second-order valence-corrected chi connectivity index (χ2v) is 6.05. The molecule has 1 fully saturated rings. The lowest BCUT2D eigenvalue weighted by atomic mass is 10.0. The first kappa shape index (κ1) is 17.0. The van der Waals surface area contributed by atoms with E-state index in [0.717, 1.165) is 44.5 Å². The Balaban J connectivity index is 1.91. The van der Waals surface area contributed by atoms with Crippen molar-refractivity contribution in [3.8, 4) is 0 Å². The maximum Gasteiger partial charge on any atom is 0.225 e. The van der Waals surface area contributed by atoms with Crippen molar-refractivity contribution in [1.29, 1.82) is 0 Å². The van der Waals surface area contributed by atoms with Crippen molar-refractivity contribution >= 4 is 11.6 Å². The van der Waals surface area contributed by atoms with Crippen molar-refractivity contribution < 1.29 is 9.90 Å². The largest absolute Gasteiger partial charge is 0.392 e. The zero-order valence-electron chi connectivity index (χ0n) is 13.8. The van der Waals surface area contributed by atoms with Crippen LogP contribution < -0.4 is 5.32 Å². The number of amides is 1. The highest BCUT2D eigenvalue weighted by atomic mass is 16.3. The number of aliphatic hydroxyl groups is 1. The minimum atomic E-state index is -0.232. The number of benzene rings is 1.